The van der Waals surface area contributed by atoms with Crippen LogP contribution in [0.5, 0.6) is 0 Å². The molecule has 0 saturated heterocycles. The minimum atomic E-state index is -0.359. The predicted octanol–water partition coefficient (Wildman–Crippen LogP) is 3.10. The van der Waals surface area contributed by atoms with Gasteiger partial charge in [0.1, 0.15) is 11.5 Å². The Balaban J connectivity index is 1.57. The number of amides is 1. The number of nitrogens with zero attached hydrogens (tertiary/aromatic N) is 2. The number of hydrogen-bond donors (Lipinski definition) is 2. The van der Waals surface area contributed by atoms with Crippen molar-refractivity contribution < 1.29 is 9.21 Å². The van der Waals surface area contributed by atoms with Crippen LogP contribution in [0, 0.1) is 0 Å². The van der Waals surface area contributed by atoms with Gasteiger partial charge in [-0.2, -0.15) is 10.2 Å². The number of rotatable bonds is 5. The van der Waals surface area contributed by atoms with Gasteiger partial charge in [0.15, 0.2) is 0 Å². The van der Waals surface area contributed by atoms with Crippen LogP contribution in [0.15, 0.2) is 70.4 Å². The van der Waals surface area contributed by atoms with Gasteiger partial charge in [0.05, 0.1) is 12.0 Å². The maximum absolute atomic E-state index is 11.9. The summed E-state index contributed by atoms with van der Waals surface area (Å²) in [5, 5.41) is 10.6. The third-order valence-corrected chi connectivity index (χ3v) is 3.02. The van der Waals surface area contributed by atoms with Crippen LogP contribution >= 0.6 is 0 Å². The fourth-order valence-corrected chi connectivity index (χ4v) is 1.92. The third kappa shape index (κ3) is 3.82. The van der Waals surface area contributed by atoms with E-state index in [9.17, 15) is 4.79 Å². The van der Waals surface area contributed by atoms with Gasteiger partial charge in [-0.05, 0) is 30.4 Å². The van der Waals surface area contributed by atoms with Crippen molar-refractivity contribution in [3.8, 4) is 11.3 Å². The number of hydrazone groups is 1. The average molecular weight is 306 g/mol. The molecular weight excluding hydrogens is 292 g/mol. The van der Waals surface area contributed by atoms with Gasteiger partial charge in [0.25, 0.3) is 5.91 Å². The zero-order valence-electron chi connectivity index (χ0n) is 12.1. The Hall–Kier alpha value is -3.41. The van der Waals surface area contributed by atoms with E-state index in [4.69, 9.17) is 4.42 Å². The molecule has 0 unspecified atom stereocenters. The van der Waals surface area contributed by atoms with Crippen LogP contribution in [0.4, 0.5) is 0 Å². The molecule has 2 aromatic heterocycles. The van der Waals surface area contributed by atoms with Crippen LogP contribution < -0.4 is 5.43 Å². The Bertz CT molecular complexity index is 817. The fraction of sp³-hybridized carbons (Fsp3) is 0. The summed E-state index contributed by atoms with van der Waals surface area (Å²) in [5.74, 6) is 0.353. The summed E-state index contributed by atoms with van der Waals surface area (Å²) < 4.78 is 5.13. The lowest BCUT2D eigenvalue weighted by atomic mass is 10.1. The number of allylic oxidation sites excluding steroid dienone is 1. The molecule has 0 aliphatic rings. The lowest BCUT2D eigenvalue weighted by molar-refractivity contribution is 0.0950. The molecule has 0 saturated carbocycles. The Morgan fingerprint density at radius 1 is 1.22 bits per heavy atom. The molecule has 0 aliphatic heterocycles. The first-order chi connectivity index (χ1) is 11.3. The van der Waals surface area contributed by atoms with Crippen LogP contribution in [0.2, 0.25) is 0 Å². The molecule has 0 spiro atoms. The van der Waals surface area contributed by atoms with E-state index in [1.54, 1.807) is 30.5 Å². The average Bonchev–Trinajstić information content (AvgIpc) is 3.27. The third-order valence-electron chi connectivity index (χ3n) is 3.02. The number of nitrogens with one attached hydrogen (secondary N) is 2. The number of aromatic amines is 1. The molecule has 6 heteroatoms. The highest BCUT2D eigenvalue weighted by atomic mass is 16.3. The van der Waals surface area contributed by atoms with E-state index in [0.29, 0.717) is 17.1 Å². The fourth-order valence-electron chi connectivity index (χ4n) is 1.92. The number of aromatic nitrogens is 2. The van der Waals surface area contributed by atoms with Gasteiger partial charge in [-0.15, -0.1) is 0 Å². The summed E-state index contributed by atoms with van der Waals surface area (Å²) in [6.07, 6.45) is 6.46. The molecule has 0 fully saturated rings. The molecular formula is C17H14N4O2. The topological polar surface area (TPSA) is 83.3 Å². The molecule has 0 radical (unpaired) electrons. The highest BCUT2D eigenvalue weighted by Gasteiger charge is 2.09. The summed E-state index contributed by atoms with van der Waals surface area (Å²) in [7, 11) is 0. The van der Waals surface area contributed by atoms with Gasteiger partial charge in [-0.3, -0.25) is 9.89 Å². The second kappa shape index (κ2) is 7.04. The van der Waals surface area contributed by atoms with Gasteiger partial charge in [-0.25, -0.2) is 5.43 Å². The Morgan fingerprint density at radius 3 is 2.87 bits per heavy atom. The summed E-state index contributed by atoms with van der Waals surface area (Å²) in [5.41, 5.74) is 4.41. The van der Waals surface area contributed by atoms with Crippen molar-refractivity contribution in [1.29, 1.82) is 0 Å². The van der Waals surface area contributed by atoms with Crippen molar-refractivity contribution in [1.82, 2.24) is 15.6 Å². The Morgan fingerprint density at radius 2 is 2.09 bits per heavy atom. The lowest BCUT2D eigenvalue weighted by Crippen LogP contribution is -2.17. The molecule has 2 N–H and O–H groups in total. The second-order valence-corrected chi connectivity index (χ2v) is 4.63. The summed E-state index contributed by atoms with van der Waals surface area (Å²) in [6, 6.07) is 14.9. The monoisotopic (exact) mass is 306 g/mol. The smallest absolute Gasteiger partial charge is 0.289 e. The molecule has 0 aliphatic carbocycles. The van der Waals surface area contributed by atoms with Crippen LogP contribution in [-0.2, 0) is 0 Å². The van der Waals surface area contributed by atoms with Gasteiger partial charge < -0.3 is 4.42 Å². The number of benzene rings is 1. The molecule has 0 bridgehead atoms. The first-order valence-electron chi connectivity index (χ1n) is 6.97. The van der Waals surface area contributed by atoms with E-state index in [1.807, 2.05) is 36.4 Å². The van der Waals surface area contributed by atoms with Crippen molar-refractivity contribution in [2.24, 2.45) is 5.10 Å². The van der Waals surface area contributed by atoms with Crippen molar-refractivity contribution >= 4 is 18.2 Å². The zero-order valence-corrected chi connectivity index (χ0v) is 12.1. The molecule has 1 amide bonds. The SMILES string of the molecule is O=C(N/N=C\C=C\c1ccco1)c1cc(-c2ccccc2)n[nH]1. The van der Waals surface area contributed by atoms with E-state index in [-0.39, 0.29) is 5.91 Å². The number of carbonyl (C=O) groups is 1. The predicted molar refractivity (Wildman–Crippen MR) is 87.7 cm³/mol. The molecule has 1 aromatic carbocycles. The number of furan rings is 1. The normalized spacial score (nSPS) is 11.3. The first-order valence-corrected chi connectivity index (χ1v) is 6.97. The molecule has 2 heterocycles. The Labute approximate surface area is 132 Å². The van der Waals surface area contributed by atoms with E-state index in [2.05, 4.69) is 20.7 Å². The minimum absolute atomic E-state index is 0.344. The largest absolute Gasteiger partial charge is 0.465 e. The van der Waals surface area contributed by atoms with Gasteiger partial charge in [-0.1, -0.05) is 30.3 Å². The number of hydrogen-bond acceptors (Lipinski definition) is 4. The Kier molecular flexibility index (Phi) is 4.44. The zero-order chi connectivity index (χ0) is 15.9. The van der Waals surface area contributed by atoms with Gasteiger partial charge in [0, 0.05) is 11.8 Å². The van der Waals surface area contributed by atoms with Crippen LogP contribution in [-0.4, -0.2) is 22.3 Å². The summed E-state index contributed by atoms with van der Waals surface area (Å²) >= 11 is 0. The molecule has 6 nitrogen and oxygen atoms in total. The number of carbonyl (C=O) groups excluding carboxylic acids is 1. The van der Waals surface area contributed by atoms with Crippen molar-refractivity contribution in [3.05, 3.63) is 72.3 Å². The quantitative estimate of drug-likeness (QED) is 0.561. The second-order valence-electron chi connectivity index (χ2n) is 4.63. The van der Waals surface area contributed by atoms with E-state index in [0.717, 1.165) is 5.56 Å². The van der Waals surface area contributed by atoms with Crippen molar-refractivity contribution in [2.45, 2.75) is 0 Å². The first kappa shape index (κ1) is 14.5. The van der Waals surface area contributed by atoms with Crippen molar-refractivity contribution in [2.75, 3.05) is 0 Å². The summed E-state index contributed by atoms with van der Waals surface area (Å²) in [6.45, 7) is 0. The maximum atomic E-state index is 11.9. The molecule has 3 rings (SSSR count). The van der Waals surface area contributed by atoms with Crippen LogP contribution in [0.3, 0.4) is 0 Å². The molecule has 23 heavy (non-hydrogen) atoms. The maximum Gasteiger partial charge on any atom is 0.289 e. The van der Waals surface area contributed by atoms with E-state index < -0.39 is 0 Å². The molecule has 0 atom stereocenters. The van der Waals surface area contributed by atoms with Gasteiger partial charge >= 0.3 is 0 Å². The van der Waals surface area contributed by atoms with E-state index in [1.165, 1.54) is 6.21 Å². The van der Waals surface area contributed by atoms with Crippen molar-refractivity contribution in [3.63, 3.8) is 0 Å². The minimum Gasteiger partial charge on any atom is -0.465 e. The van der Waals surface area contributed by atoms with Crippen LogP contribution in [0.25, 0.3) is 17.3 Å². The van der Waals surface area contributed by atoms with Gasteiger partial charge in [0.2, 0.25) is 0 Å². The summed E-state index contributed by atoms with van der Waals surface area (Å²) in [4.78, 5) is 11.9. The molecule has 114 valence electrons. The lowest BCUT2D eigenvalue weighted by Gasteiger charge is -1.94. The van der Waals surface area contributed by atoms with Crippen LogP contribution in [0.1, 0.15) is 16.2 Å². The standard InChI is InChI=1S/C17H14N4O2/c22-17(21-18-10-4-8-14-9-5-11-23-14)16-12-15(19-20-16)13-6-2-1-3-7-13/h1-12H,(H,19,20)(H,21,22)/b8-4+,18-10-. The van der Waals surface area contributed by atoms with E-state index >= 15 is 0 Å². The molecule has 3 aromatic rings. The highest BCUT2D eigenvalue weighted by Crippen LogP contribution is 2.16. The highest BCUT2D eigenvalue weighted by molar-refractivity contribution is 5.93. The number of H-pyrrole nitrogens is 1.